The van der Waals surface area contributed by atoms with Crippen LogP contribution in [0.4, 0.5) is 4.79 Å². The molecule has 1 unspecified atom stereocenters. The molecule has 3 N–H and O–H groups in total. The van der Waals surface area contributed by atoms with E-state index in [1.54, 1.807) is 4.90 Å². The van der Waals surface area contributed by atoms with Crippen molar-refractivity contribution in [3.8, 4) is 0 Å². The van der Waals surface area contributed by atoms with Crippen molar-refractivity contribution in [2.24, 2.45) is 0 Å². The molecule has 3 saturated heterocycles. The van der Waals surface area contributed by atoms with E-state index in [-0.39, 0.29) is 30.1 Å². The molecule has 0 aromatic carbocycles. The summed E-state index contributed by atoms with van der Waals surface area (Å²) < 4.78 is 0. The lowest BCUT2D eigenvalue weighted by Gasteiger charge is -2.32. The van der Waals surface area contributed by atoms with Crippen molar-refractivity contribution in [1.82, 2.24) is 20.9 Å². The molecule has 100 valence electrons. The summed E-state index contributed by atoms with van der Waals surface area (Å²) in [5.41, 5.74) is 0. The van der Waals surface area contributed by atoms with E-state index in [2.05, 4.69) is 16.0 Å². The molecule has 3 aliphatic rings. The van der Waals surface area contributed by atoms with Crippen LogP contribution < -0.4 is 16.0 Å². The quantitative estimate of drug-likeness (QED) is 0.615. The zero-order chi connectivity index (χ0) is 12.5. The van der Waals surface area contributed by atoms with Crippen molar-refractivity contribution in [2.45, 2.75) is 43.8 Å². The summed E-state index contributed by atoms with van der Waals surface area (Å²) in [6.07, 6.45) is 3.65. The molecule has 2 atom stereocenters. The number of rotatable bonds is 2. The lowest BCUT2D eigenvalue weighted by Crippen LogP contribution is -2.53. The summed E-state index contributed by atoms with van der Waals surface area (Å²) in [4.78, 5) is 25.6. The van der Waals surface area contributed by atoms with E-state index in [4.69, 9.17) is 0 Å². The van der Waals surface area contributed by atoms with Gasteiger partial charge in [0.25, 0.3) is 0 Å². The van der Waals surface area contributed by atoms with Gasteiger partial charge in [0.05, 0.1) is 0 Å². The third kappa shape index (κ3) is 2.16. The number of carbonyl (C=O) groups is 2. The van der Waals surface area contributed by atoms with Crippen molar-refractivity contribution >= 4 is 11.9 Å². The summed E-state index contributed by atoms with van der Waals surface area (Å²) in [5.74, 6) is 0.0254. The average molecular weight is 252 g/mol. The average Bonchev–Trinajstić information content (AvgIpc) is 2.66. The van der Waals surface area contributed by atoms with Crippen molar-refractivity contribution in [1.29, 1.82) is 0 Å². The number of hydrogen-bond donors (Lipinski definition) is 3. The molecule has 0 spiro atoms. The van der Waals surface area contributed by atoms with Crippen molar-refractivity contribution in [3.05, 3.63) is 0 Å². The third-order valence-electron chi connectivity index (χ3n) is 4.16. The van der Waals surface area contributed by atoms with Crippen molar-refractivity contribution in [3.63, 3.8) is 0 Å². The molecule has 0 radical (unpaired) electrons. The first-order chi connectivity index (χ1) is 8.74. The Morgan fingerprint density at radius 1 is 1.22 bits per heavy atom. The second-order valence-electron chi connectivity index (χ2n) is 5.42. The van der Waals surface area contributed by atoms with Crippen molar-refractivity contribution < 1.29 is 9.59 Å². The Morgan fingerprint density at radius 3 is 2.78 bits per heavy atom. The lowest BCUT2D eigenvalue weighted by atomic mass is 9.99. The molecule has 3 amide bonds. The molecule has 2 bridgehead atoms. The SMILES string of the molecule is O=C(NC1CCNCC1)[C@@H]1CCC2CN1C(=O)N2. The number of hydrogen-bond acceptors (Lipinski definition) is 3. The van der Waals surface area contributed by atoms with Gasteiger partial charge in [-0.3, -0.25) is 4.79 Å². The number of nitrogens with zero attached hydrogens (tertiary/aromatic N) is 1. The number of piperidine rings is 2. The molecule has 3 heterocycles. The normalized spacial score (nSPS) is 32.2. The van der Waals surface area contributed by atoms with Crippen LogP contribution in [0.5, 0.6) is 0 Å². The number of fused-ring (bicyclic) bond motifs is 2. The van der Waals surface area contributed by atoms with Gasteiger partial charge in [0.1, 0.15) is 6.04 Å². The van der Waals surface area contributed by atoms with Gasteiger partial charge in [-0.2, -0.15) is 0 Å². The van der Waals surface area contributed by atoms with Crippen LogP contribution in [0.15, 0.2) is 0 Å². The summed E-state index contributed by atoms with van der Waals surface area (Å²) in [5, 5.41) is 9.27. The van der Waals surface area contributed by atoms with Crippen LogP contribution in [0.25, 0.3) is 0 Å². The highest BCUT2D eigenvalue weighted by atomic mass is 16.2. The first-order valence-electron chi connectivity index (χ1n) is 6.82. The van der Waals surface area contributed by atoms with Crippen LogP contribution in [0.3, 0.4) is 0 Å². The Balaban J connectivity index is 1.59. The van der Waals surface area contributed by atoms with E-state index in [9.17, 15) is 9.59 Å². The fourth-order valence-corrected chi connectivity index (χ4v) is 3.11. The molecule has 18 heavy (non-hydrogen) atoms. The molecule has 0 aliphatic carbocycles. The predicted molar refractivity (Wildman–Crippen MR) is 66.1 cm³/mol. The number of amides is 3. The predicted octanol–water partition coefficient (Wildman–Crippen LogP) is -0.589. The highest BCUT2D eigenvalue weighted by molar-refractivity contribution is 5.89. The first-order valence-corrected chi connectivity index (χ1v) is 6.82. The van der Waals surface area contributed by atoms with Gasteiger partial charge >= 0.3 is 6.03 Å². The Hall–Kier alpha value is -1.30. The van der Waals surface area contributed by atoms with Crippen LogP contribution in [0.1, 0.15) is 25.7 Å². The minimum Gasteiger partial charge on any atom is -0.351 e. The maximum Gasteiger partial charge on any atom is 0.318 e. The maximum absolute atomic E-state index is 12.2. The number of carbonyl (C=O) groups excluding carboxylic acids is 2. The van der Waals surface area contributed by atoms with Gasteiger partial charge in [0.15, 0.2) is 0 Å². The van der Waals surface area contributed by atoms with E-state index < -0.39 is 0 Å². The van der Waals surface area contributed by atoms with E-state index in [1.807, 2.05) is 0 Å². The third-order valence-corrected chi connectivity index (χ3v) is 4.16. The lowest BCUT2D eigenvalue weighted by molar-refractivity contribution is -0.126. The van der Waals surface area contributed by atoms with Crippen LogP contribution in [-0.2, 0) is 4.79 Å². The minimum atomic E-state index is -0.265. The van der Waals surface area contributed by atoms with Gasteiger partial charge in [-0.1, -0.05) is 0 Å². The second-order valence-corrected chi connectivity index (χ2v) is 5.42. The molecule has 0 saturated carbocycles. The van der Waals surface area contributed by atoms with Gasteiger partial charge in [0.2, 0.25) is 5.91 Å². The van der Waals surface area contributed by atoms with Gasteiger partial charge in [-0.25, -0.2) is 4.79 Å². The summed E-state index contributed by atoms with van der Waals surface area (Å²) in [6.45, 7) is 2.60. The standard InChI is InChI=1S/C12H20N4O2/c17-11(14-8-3-5-13-6-4-8)10-2-1-9-7-16(10)12(18)15-9/h8-10,13H,1-7H2,(H,14,17)(H,15,18)/t9?,10-/m0/s1. The largest absolute Gasteiger partial charge is 0.351 e. The molecule has 6 heteroatoms. The zero-order valence-electron chi connectivity index (χ0n) is 10.4. The first kappa shape index (κ1) is 11.8. The number of nitrogens with one attached hydrogen (secondary N) is 3. The van der Waals surface area contributed by atoms with E-state index >= 15 is 0 Å². The zero-order valence-corrected chi connectivity index (χ0v) is 10.4. The van der Waals surface area contributed by atoms with Crippen LogP contribution >= 0.6 is 0 Å². The summed E-state index contributed by atoms with van der Waals surface area (Å²) >= 11 is 0. The molecule has 0 aromatic rings. The monoisotopic (exact) mass is 252 g/mol. The van der Waals surface area contributed by atoms with Crippen LogP contribution in [0.2, 0.25) is 0 Å². The van der Waals surface area contributed by atoms with Gasteiger partial charge in [-0.15, -0.1) is 0 Å². The Bertz CT molecular complexity index is 354. The van der Waals surface area contributed by atoms with E-state index in [0.717, 1.165) is 38.8 Å². The smallest absolute Gasteiger partial charge is 0.318 e. The summed E-state index contributed by atoms with van der Waals surface area (Å²) in [7, 11) is 0. The Kier molecular flexibility index (Phi) is 3.11. The van der Waals surface area contributed by atoms with Gasteiger partial charge < -0.3 is 20.9 Å². The molecular weight excluding hydrogens is 232 g/mol. The highest BCUT2D eigenvalue weighted by Crippen LogP contribution is 2.23. The highest BCUT2D eigenvalue weighted by Gasteiger charge is 2.42. The number of urea groups is 1. The van der Waals surface area contributed by atoms with E-state index in [0.29, 0.717) is 6.54 Å². The molecule has 3 aliphatic heterocycles. The van der Waals surface area contributed by atoms with Crippen LogP contribution in [-0.4, -0.2) is 54.6 Å². The molecule has 0 aromatic heterocycles. The maximum atomic E-state index is 12.2. The summed E-state index contributed by atoms with van der Waals surface area (Å²) in [6, 6.07) is 0.171. The van der Waals surface area contributed by atoms with Crippen molar-refractivity contribution in [2.75, 3.05) is 19.6 Å². The molecule has 3 rings (SSSR count). The molecular formula is C12H20N4O2. The Morgan fingerprint density at radius 2 is 2.00 bits per heavy atom. The van der Waals surface area contributed by atoms with Gasteiger partial charge in [-0.05, 0) is 38.8 Å². The fourth-order valence-electron chi connectivity index (χ4n) is 3.11. The minimum absolute atomic E-state index is 0.0254. The Labute approximate surface area is 106 Å². The van der Waals surface area contributed by atoms with E-state index in [1.165, 1.54) is 0 Å². The molecule has 6 nitrogen and oxygen atoms in total. The van der Waals surface area contributed by atoms with Gasteiger partial charge in [0, 0.05) is 18.6 Å². The fraction of sp³-hybridized carbons (Fsp3) is 0.833. The topological polar surface area (TPSA) is 73.5 Å². The second kappa shape index (κ2) is 4.76. The van der Waals surface area contributed by atoms with Crippen LogP contribution in [0, 0.1) is 0 Å². The molecule has 3 fully saturated rings.